The van der Waals surface area contributed by atoms with Crippen molar-refractivity contribution in [2.24, 2.45) is 5.92 Å². The Morgan fingerprint density at radius 3 is 2.65 bits per heavy atom. The first-order chi connectivity index (χ1) is 11.1. The van der Waals surface area contributed by atoms with Gasteiger partial charge in [-0.25, -0.2) is 0 Å². The Bertz CT molecular complexity index is 536. The van der Waals surface area contributed by atoms with Crippen LogP contribution < -0.4 is 10.1 Å². The Morgan fingerprint density at radius 1 is 1.26 bits per heavy atom. The highest BCUT2D eigenvalue weighted by Crippen LogP contribution is 2.24. The number of hydrogen-bond acceptors (Lipinski definition) is 3. The molecule has 0 unspecified atom stereocenters. The molecule has 1 aromatic carbocycles. The van der Waals surface area contributed by atoms with Crippen molar-refractivity contribution in [1.82, 2.24) is 5.32 Å². The summed E-state index contributed by atoms with van der Waals surface area (Å²) >= 11 is 0. The maximum absolute atomic E-state index is 12.2. The first-order valence-corrected chi connectivity index (χ1v) is 8.32. The lowest BCUT2D eigenvalue weighted by molar-refractivity contribution is -0.142. The summed E-state index contributed by atoms with van der Waals surface area (Å²) in [5, 5.41) is 12.0. The second kappa shape index (κ2) is 8.56. The molecule has 2 rings (SSSR count). The SMILES string of the molecule is CCCOc1cccc(CC(=O)NC2CCC(C(=O)O)CC2)c1. The zero-order valence-electron chi connectivity index (χ0n) is 13.6. The third-order valence-electron chi connectivity index (χ3n) is 4.18. The van der Waals surface area contributed by atoms with Gasteiger partial charge in [-0.05, 0) is 49.8 Å². The van der Waals surface area contributed by atoms with Crippen LogP contribution in [0.25, 0.3) is 0 Å². The number of nitrogens with one attached hydrogen (secondary N) is 1. The lowest BCUT2D eigenvalue weighted by Crippen LogP contribution is -2.39. The fourth-order valence-corrected chi connectivity index (χ4v) is 2.91. The molecule has 0 aliphatic heterocycles. The molecule has 0 aromatic heterocycles. The maximum Gasteiger partial charge on any atom is 0.306 e. The zero-order valence-corrected chi connectivity index (χ0v) is 13.6. The van der Waals surface area contributed by atoms with Crippen LogP contribution in [0.4, 0.5) is 0 Å². The summed E-state index contributed by atoms with van der Waals surface area (Å²) in [6.45, 7) is 2.72. The molecular weight excluding hydrogens is 294 g/mol. The quantitative estimate of drug-likeness (QED) is 0.810. The summed E-state index contributed by atoms with van der Waals surface area (Å²) in [4.78, 5) is 23.1. The van der Waals surface area contributed by atoms with Crippen molar-refractivity contribution in [3.63, 3.8) is 0 Å². The lowest BCUT2D eigenvalue weighted by atomic mass is 9.86. The van der Waals surface area contributed by atoms with Crippen molar-refractivity contribution in [3.05, 3.63) is 29.8 Å². The van der Waals surface area contributed by atoms with E-state index >= 15 is 0 Å². The Hall–Kier alpha value is -2.04. The van der Waals surface area contributed by atoms with Crippen LogP contribution in [-0.4, -0.2) is 29.6 Å². The molecule has 5 nitrogen and oxygen atoms in total. The summed E-state index contributed by atoms with van der Waals surface area (Å²) in [6, 6.07) is 7.70. The van der Waals surface area contributed by atoms with Gasteiger partial charge in [0.25, 0.3) is 0 Å². The minimum absolute atomic E-state index is 0.0172. The fourth-order valence-electron chi connectivity index (χ4n) is 2.91. The molecule has 126 valence electrons. The van der Waals surface area contributed by atoms with E-state index in [1.165, 1.54) is 0 Å². The highest BCUT2D eigenvalue weighted by molar-refractivity contribution is 5.79. The summed E-state index contributed by atoms with van der Waals surface area (Å²) in [7, 11) is 0. The van der Waals surface area contributed by atoms with Gasteiger partial charge in [-0.1, -0.05) is 19.1 Å². The molecule has 23 heavy (non-hydrogen) atoms. The zero-order chi connectivity index (χ0) is 16.7. The standard InChI is InChI=1S/C18H25NO4/c1-2-10-23-16-5-3-4-13(11-16)12-17(20)19-15-8-6-14(7-9-15)18(21)22/h3-5,11,14-15H,2,6-10,12H2,1H3,(H,19,20)(H,21,22). The number of carbonyl (C=O) groups excluding carboxylic acids is 1. The topological polar surface area (TPSA) is 75.6 Å². The van der Waals surface area contributed by atoms with Gasteiger partial charge in [-0.15, -0.1) is 0 Å². The van der Waals surface area contributed by atoms with Crippen molar-refractivity contribution in [2.75, 3.05) is 6.61 Å². The first kappa shape index (κ1) is 17.3. The van der Waals surface area contributed by atoms with Crippen molar-refractivity contribution < 1.29 is 19.4 Å². The molecule has 1 saturated carbocycles. The van der Waals surface area contributed by atoms with Crippen LogP contribution in [0.15, 0.2) is 24.3 Å². The number of aliphatic carboxylic acids is 1. The average Bonchev–Trinajstić information content (AvgIpc) is 2.53. The summed E-state index contributed by atoms with van der Waals surface area (Å²) in [5.41, 5.74) is 0.926. The van der Waals surface area contributed by atoms with Crippen molar-refractivity contribution in [2.45, 2.75) is 51.5 Å². The van der Waals surface area contributed by atoms with E-state index in [9.17, 15) is 9.59 Å². The van der Waals surface area contributed by atoms with Crippen LogP contribution in [0.1, 0.15) is 44.6 Å². The number of benzene rings is 1. The Labute approximate surface area is 137 Å². The number of rotatable bonds is 7. The fraction of sp³-hybridized carbons (Fsp3) is 0.556. The van der Waals surface area contributed by atoms with E-state index in [1.807, 2.05) is 24.3 Å². The minimum atomic E-state index is -0.723. The van der Waals surface area contributed by atoms with E-state index in [2.05, 4.69) is 12.2 Å². The summed E-state index contributed by atoms with van der Waals surface area (Å²) < 4.78 is 5.57. The second-order valence-corrected chi connectivity index (χ2v) is 6.13. The van der Waals surface area contributed by atoms with Gasteiger partial charge in [-0.3, -0.25) is 9.59 Å². The van der Waals surface area contributed by atoms with E-state index in [1.54, 1.807) is 0 Å². The van der Waals surface area contributed by atoms with E-state index < -0.39 is 5.97 Å². The molecule has 0 spiro atoms. The molecule has 2 N–H and O–H groups in total. The third kappa shape index (κ3) is 5.58. The Kier molecular flexibility index (Phi) is 6.44. The monoisotopic (exact) mass is 319 g/mol. The molecule has 0 bridgehead atoms. The number of carbonyl (C=O) groups is 2. The second-order valence-electron chi connectivity index (χ2n) is 6.13. The van der Waals surface area contributed by atoms with Gasteiger partial charge < -0.3 is 15.2 Å². The van der Waals surface area contributed by atoms with Gasteiger partial charge in [0.05, 0.1) is 18.9 Å². The van der Waals surface area contributed by atoms with E-state index in [0.717, 1.165) is 30.6 Å². The van der Waals surface area contributed by atoms with Gasteiger partial charge >= 0.3 is 5.97 Å². The van der Waals surface area contributed by atoms with Gasteiger partial charge in [0.1, 0.15) is 5.75 Å². The number of amides is 1. The average molecular weight is 319 g/mol. The first-order valence-electron chi connectivity index (χ1n) is 8.32. The van der Waals surface area contributed by atoms with Gasteiger partial charge in [0.15, 0.2) is 0 Å². The van der Waals surface area contributed by atoms with Crippen LogP contribution in [-0.2, 0) is 16.0 Å². The maximum atomic E-state index is 12.2. The molecule has 1 aliphatic rings. The molecular formula is C18H25NO4. The van der Waals surface area contributed by atoms with Crippen LogP contribution >= 0.6 is 0 Å². The third-order valence-corrected chi connectivity index (χ3v) is 4.18. The van der Waals surface area contributed by atoms with E-state index in [-0.39, 0.29) is 17.9 Å². The van der Waals surface area contributed by atoms with Crippen molar-refractivity contribution >= 4 is 11.9 Å². The van der Waals surface area contributed by atoms with Gasteiger partial charge in [0, 0.05) is 6.04 Å². The van der Waals surface area contributed by atoms with Crippen LogP contribution in [0.2, 0.25) is 0 Å². The molecule has 1 amide bonds. The van der Waals surface area contributed by atoms with Crippen LogP contribution in [0, 0.1) is 5.92 Å². The summed E-state index contributed by atoms with van der Waals surface area (Å²) in [5.74, 6) is -0.204. The molecule has 0 heterocycles. The highest BCUT2D eigenvalue weighted by Gasteiger charge is 2.26. The van der Waals surface area contributed by atoms with Gasteiger partial charge in [0.2, 0.25) is 5.91 Å². The Morgan fingerprint density at radius 2 is 2.00 bits per heavy atom. The van der Waals surface area contributed by atoms with E-state index in [0.29, 0.717) is 25.9 Å². The minimum Gasteiger partial charge on any atom is -0.494 e. The van der Waals surface area contributed by atoms with Crippen molar-refractivity contribution in [1.29, 1.82) is 0 Å². The molecule has 5 heteroatoms. The highest BCUT2D eigenvalue weighted by atomic mass is 16.5. The predicted molar refractivity (Wildman–Crippen MR) is 87.5 cm³/mol. The molecule has 0 radical (unpaired) electrons. The number of hydrogen-bond donors (Lipinski definition) is 2. The largest absolute Gasteiger partial charge is 0.494 e. The van der Waals surface area contributed by atoms with Crippen LogP contribution in [0.5, 0.6) is 5.75 Å². The number of carboxylic acids is 1. The molecule has 0 saturated heterocycles. The molecule has 1 fully saturated rings. The Balaban J connectivity index is 1.80. The summed E-state index contributed by atoms with van der Waals surface area (Å²) in [6.07, 6.45) is 4.03. The normalized spacial score (nSPS) is 20.7. The number of ether oxygens (including phenoxy) is 1. The predicted octanol–water partition coefficient (Wildman–Crippen LogP) is 2.78. The van der Waals surface area contributed by atoms with Crippen LogP contribution in [0.3, 0.4) is 0 Å². The van der Waals surface area contributed by atoms with E-state index in [4.69, 9.17) is 9.84 Å². The number of carboxylic acid groups (broad SMARTS) is 1. The lowest BCUT2D eigenvalue weighted by Gasteiger charge is -2.26. The molecule has 0 atom stereocenters. The van der Waals surface area contributed by atoms with Crippen molar-refractivity contribution in [3.8, 4) is 5.75 Å². The van der Waals surface area contributed by atoms with Gasteiger partial charge in [-0.2, -0.15) is 0 Å². The smallest absolute Gasteiger partial charge is 0.306 e. The molecule has 1 aliphatic carbocycles. The molecule has 1 aromatic rings.